The summed E-state index contributed by atoms with van der Waals surface area (Å²) >= 11 is 0. The average molecular weight is 255 g/mol. The van der Waals surface area contributed by atoms with E-state index in [1.807, 2.05) is 0 Å². The molecule has 0 bridgehead atoms. The second-order valence-corrected chi connectivity index (χ2v) is 4.19. The summed E-state index contributed by atoms with van der Waals surface area (Å²) in [6.45, 7) is -0.0928. The Balaban J connectivity index is 2.21. The molecule has 1 atom stereocenters. The van der Waals surface area contributed by atoms with E-state index in [4.69, 9.17) is 5.11 Å². The van der Waals surface area contributed by atoms with Gasteiger partial charge in [-0.2, -0.15) is 0 Å². The third-order valence-electron chi connectivity index (χ3n) is 2.89. The quantitative estimate of drug-likeness (QED) is 0.891. The second-order valence-electron chi connectivity index (χ2n) is 4.19. The number of carboxylic acids is 1. The van der Waals surface area contributed by atoms with Crippen LogP contribution in [0.5, 0.6) is 0 Å². The van der Waals surface area contributed by atoms with Gasteiger partial charge >= 0.3 is 5.97 Å². The Bertz CT molecular complexity index is 484. The van der Waals surface area contributed by atoms with Gasteiger partial charge in [0.15, 0.2) is 0 Å². The summed E-state index contributed by atoms with van der Waals surface area (Å²) in [4.78, 5) is 23.6. The van der Waals surface area contributed by atoms with Gasteiger partial charge in [0.25, 0.3) is 0 Å². The molecule has 1 saturated heterocycles. The monoisotopic (exact) mass is 255 g/mol. The molecule has 1 aliphatic heterocycles. The molecule has 1 amide bonds. The van der Waals surface area contributed by atoms with Crippen LogP contribution in [0.3, 0.4) is 0 Å². The van der Waals surface area contributed by atoms with Crippen LogP contribution < -0.4 is 0 Å². The molecule has 96 valence electrons. The van der Waals surface area contributed by atoms with Crippen molar-refractivity contribution >= 4 is 11.9 Å². The van der Waals surface area contributed by atoms with E-state index in [0.717, 1.165) is 23.1 Å². The number of amides is 1. The molecule has 18 heavy (non-hydrogen) atoms. The minimum atomic E-state index is -1.10. The van der Waals surface area contributed by atoms with Crippen LogP contribution in [0.2, 0.25) is 0 Å². The van der Waals surface area contributed by atoms with Crippen LogP contribution in [-0.2, 0) is 16.1 Å². The predicted molar refractivity (Wildman–Crippen MR) is 57.6 cm³/mol. The van der Waals surface area contributed by atoms with E-state index in [-0.39, 0.29) is 30.9 Å². The number of carbonyl (C=O) groups excluding carboxylic acids is 1. The first-order valence-electron chi connectivity index (χ1n) is 5.44. The number of carboxylic acid groups (broad SMARTS) is 1. The van der Waals surface area contributed by atoms with Crippen molar-refractivity contribution in [3.63, 3.8) is 0 Å². The number of aliphatic carboxylic acids is 1. The third-order valence-corrected chi connectivity index (χ3v) is 2.89. The number of hydrogen-bond donors (Lipinski definition) is 1. The summed E-state index contributed by atoms with van der Waals surface area (Å²) in [6.07, 6.45) is 0.376. The van der Waals surface area contributed by atoms with Gasteiger partial charge in [-0.15, -0.1) is 0 Å². The van der Waals surface area contributed by atoms with Crippen LogP contribution in [0.1, 0.15) is 18.4 Å². The summed E-state index contributed by atoms with van der Waals surface area (Å²) in [5, 5.41) is 8.95. The van der Waals surface area contributed by atoms with Crippen molar-refractivity contribution in [2.45, 2.75) is 25.4 Å². The smallest absolute Gasteiger partial charge is 0.326 e. The molecule has 1 aromatic carbocycles. The normalized spacial score (nSPS) is 19.3. The molecule has 0 saturated carbocycles. The van der Waals surface area contributed by atoms with Crippen LogP contribution in [0.4, 0.5) is 8.78 Å². The van der Waals surface area contributed by atoms with E-state index in [2.05, 4.69) is 0 Å². The molecule has 1 unspecified atom stereocenters. The highest BCUT2D eigenvalue weighted by molar-refractivity contribution is 5.87. The Morgan fingerprint density at radius 2 is 1.94 bits per heavy atom. The van der Waals surface area contributed by atoms with Gasteiger partial charge in [-0.1, -0.05) is 0 Å². The lowest BCUT2D eigenvalue weighted by atomic mass is 10.1. The van der Waals surface area contributed by atoms with Crippen molar-refractivity contribution in [3.05, 3.63) is 35.4 Å². The SMILES string of the molecule is O=C(O)C1CCC(=O)N1Cc1cc(F)cc(F)c1. The number of halogens is 2. The number of benzene rings is 1. The number of rotatable bonds is 3. The molecule has 1 aromatic rings. The Kier molecular flexibility index (Phi) is 3.27. The van der Waals surface area contributed by atoms with Gasteiger partial charge in [-0.25, -0.2) is 13.6 Å². The Labute approximate surface area is 102 Å². The molecular weight excluding hydrogens is 244 g/mol. The summed E-state index contributed by atoms with van der Waals surface area (Å²) in [7, 11) is 0. The maximum Gasteiger partial charge on any atom is 0.326 e. The fourth-order valence-electron chi connectivity index (χ4n) is 2.09. The molecule has 1 heterocycles. The van der Waals surface area contributed by atoms with E-state index in [1.165, 1.54) is 0 Å². The van der Waals surface area contributed by atoms with E-state index in [1.54, 1.807) is 0 Å². The summed E-state index contributed by atoms with van der Waals surface area (Å²) in [6, 6.07) is 1.99. The summed E-state index contributed by atoms with van der Waals surface area (Å²) in [5.41, 5.74) is 0.244. The summed E-state index contributed by atoms with van der Waals surface area (Å²) < 4.78 is 26.0. The van der Waals surface area contributed by atoms with Crippen LogP contribution in [0.25, 0.3) is 0 Å². The lowest BCUT2D eigenvalue weighted by Gasteiger charge is -2.21. The molecule has 1 fully saturated rings. The fraction of sp³-hybridized carbons (Fsp3) is 0.333. The highest BCUT2D eigenvalue weighted by atomic mass is 19.1. The first kappa shape index (κ1) is 12.5. The van der Waals surface area contributed by atoms with Gasteiger partial charge in [-0.3, -0.25) is 4.79 Å². The number of hydrogen-bond acceptors (Lipinski definition) is 2. The minimum Gasteiger partial charge on any atom is -0.480 e. The molecule has 0 aliphatic carbocycles. The number of nitrogens with zero attached hydrogens (tertiary/aromatic N) is 1. The Morgan fingerprint density at radius 1 is 1.33 bits per heavy atom. The van der Waals surface area contributed by atoms with E-state index in [9.17, 15) is 18.4 Å². The fourth-order valence-corrected chi connectivity index (χ4v) is 2.09. The maximum atomic E-state index is 13.0. The van der Waals surface area contributed by atoms with Crippen LogP contribution in [0, 0.1) is 11.6 Å². The number of carbonyl (C=O) groups is 2. The van der Waals surface area contributed by atoms with Gasteiger partial charge in [0.05, 0.1) is 0 Å². The summed E-state index contributed by atoms with van der Waals surface area (Å²) in [5.74, 6) is -2.91. The van der Waals surface area contributed by atoms with Crippen molar-refractivity contribution in [2.24, 2.45) is 0 Å². The number of likely N-dealkylation sites (tertiary alicyclic amines) is 1. The average Bonchev–Trinajstić information content (AvgIpc) is 2.59. The van der Waals surface area contributed by atoms with Gasteiger partial charge in [0.1, 0.15) is 17.7 Å². The predicted octanol–water partition coefficient (Wildman–Crippen LogP) is 1.54. The maximum absolute atomic E-state index is 13.0. The minimum absolute atomic E-state index is 0.0928. The first-order chi connectivity index (χ1) is 8.47. The zero-order valence-corrected chi connectivity index (χ0v) is 9.40. The molecule has 6 heteroatoms. The van der Waals surface area contributed by atoms with Crippen molar-refractivity contribution in [2.75, 3.05) is 0 Å². The van der Waals surface area contributed by atoms with Crippen molar-refractivity contribution in [1.29, 1.82) is 0 Å². The standard InChI is InChI=1S/C12H11F2NO3/c13-8-3-7(4-9(14)5-8)6-15-10(12(17)18)1-2-11(15)16/h3-5,10H,1-2,6H2,(H,17,18). The largest absolute Gasteiger partial charge is 0.480 e. The zero-order chi connectivity index (χ0) is 13.3. The molecule has 0 spiro atoms. The molecule has 4 nitrogen and oxygen atoms in total. The highest BCUT2D eigenvalue weighted by Crippen LogP contribution is 2.22. The van der Waals surface area contributed by atoms with Gasteiger partial charge in [-0.05, 0) is 24.1 Å². The van der Waals surface area contributed by atoms with E-state index >= 15 is 0 Å². The van der Waals surface area contributed by atoms with Crippen LogP contribution in [-0.4, -0.2) is 27.9 Å². The lowest BCUT2D eigenvalue weighted by Crippen LogP contribution is -2.37. The van der Waals surface area contributed by atoms with Gasteiger partial charge < -0.3 is 10.0 Å². The van der Waals surface area contributed by atoms with Crippen molar-refractivity contribution in [3.8, 4) is 0 Å². The molecule has 0 radical (unpaired) electrons. The van der Waals surface area contributed by atoms with E-state index < -0.39 is 23.6 Å². The zero-order valence-electron chi connectivity index (χ0n) is 9.40. The van der Waals surface area contributed by atoms with Gasteiger partial charge in [0, 0.05) is 19.0 Å². The Morgan fingerprint density at radius 3 is 2.50 bits per heavy atom. The van der Waals surface area contributed by atoms with Gasteiger partial charge in [0.2, 0.25) is 5.91 Å². The molecule has 1 N–H and O–H groups in total. The Hall–Kier alpha value is -1.98. The molecule has 2 rings (SSSR count). The van der Waals surface area contributed by atoms with Crippen molar-refractivity contribution < 1.29 is 23.5 Å². The molecule has 0 aromatic heterocycles. The second kappa shape index (κ2) is 4.72. The highest BCUT2D eigenvalue weighted by Gasteiger charge is 2.35. The topological polar surface area (TPSA) is 57.6 Å². The van der Waals surface area contributed by atoms with Crippen LogP contribution in [0.15, 0.2) is 18.2 Å². The van der Waals surface area contributed by atoms with Crippen molar-refractivity contribution in [1.82, 2.24) is 4.90 Å². The van der Waals surface area contributed by atoms with E-state index in [0.29, 0.717) is 0 Å². The molecular formula is C12H11F2NO3. The third kappa shape index (κ3) is 2.47. The lowest BCUT2D eigenvalue weighted by molar-refractivity contribution is -0.146. The first-order valence-corrected chi connectivity index (χ1v) is 5.44. The van der Waals surface area contributed by atoms with Crippen LogP contribution >= 0.6 is 0 Å². The molecule has 1 aliphatic rings.